The SMILES string of the molecule is C=CC(=O)OCCC[SiH2]OCC.CCO[SiH](OCC)OCC. The van der Waals surface area contributed by atoms with E-state index in [2.05, 4.69) is 6.58 Å². The van der Waals surface area contributed by atoms with Crippen LogP contribution in [0.5, 0.6) is 0 Å². The summed E-state index contributed by atoms with van der Waals surface area (Å²) in [6, 6.07) is 1.07. The molecule has 8 heteroatoms. The van der Waals surface area contributed by atoms with Crippen molar-refractivity contribution in [2.75, 3.05) is 33.0 Å². The Labute approximate surface area is 139 Å². The van der Waals surface area contributed by atoms with Gasteiger partial charge in [0.05, 0.1) is 6.61 Å². The van der Waals surface area contributed by atoms with Crippen LogP contribution in [-0.2, 0) is 27.2 Å². The molecule has 0 bridgehead atoms. The first-order chi connectivity index (χ1) is 10.7. The zero-order valence-corrected chi connectivity index (χ0v) is 17.0. The molecular formula is C14H32O6Si2. The number of esters is 1. The van der Waals surface area contributed by atoms with Crippen LogP contribution in [0.1, 0.15) is 34.1 Å². The molecule has 0 unspecified atom stereocenters. The molecule has 0 aliphatic heterocycles. The summed E-state index contributed by atoms with van der Waals surface area (Å²) in [6.07, 6.45) is 2.09. The van der Waals surface area contributed by atoms with Gasteiger partial charge in [0.1, 0.15) is 0 Å². The molecule has 0 aliphatic rings. The highest BCUT2D eigenvalue weighted by Crippen LogP contribution is 1.92. The van der Waals surface area contributed by atoms with E-state index in [4.69, 9.17) is 22.4 Å². The molecule has 0 amide bonds. The molecule has 0 fully saturated rings. The Morgan fingerprint density at radius 2 is 1.59 bits per heavy atom. The molecule has 0 heterocycles. The lowest BCUT2D eigenvalue weighted by atomic mass is 10.5. The van der Waals surface area contributed by atoms with Crippen LogP contribution in [0.2, 0.25) is 6.04 Å². The number of hydrogen-bond donors (Lipinski definition) is 0. The molecule has 0 N–H and O–H groups in total. The van der Waals surface area contributed by atoms with Gasteiger partial charge in [0.2, 0.25) is 0 Å². The number of carbonyl (C=O) groups excluding carboxylic acids is 1. The Hall–Kier alpha value is -0.516. The molecule has 0 aromatic heterocycles. The van der Waals surface area contributed by atoms with Crippen molar-refractivity contribution in [3.8, 4) is 0 Å². The Morgan fingerprint density at radius 1 is 1.05 bits per heavy atom. The molecule has 0 aromatic carbocycles. The van der Waals surface area contributed by atoms with Crippen LogP contribution in [0, 0.1) is 0 Å². The fraction of sp³-hybridized carbons (Fsp3) is 0.786. The van der Waals surface area contributed by atoms with Crippen LogP contribution in [-0.4, -0.2) is 58.3 Å². The molecule has 0 saturated carbocycles. The first-order valence-corrected chi connectivity index (χ1v) is 10.9. The van der Waals surface area contributed by atoms with Crippen molar-refractivity contribution in [1.82, 2.24) is 0 Å². The molecular weight excluding hydrogens is 320 g/mol. The van der Waals surface area contributed by atoms with Crippen LogP contribution in [0.4, 0.5) is 0 Å². The van der Waals surface area contributed by atoms with E-state index < -0.39 is 9.53 Å². The number of rotatable bonds is 13. The fourth-order valence-electron chi connectivity index (χ4n) is 1.23. The van der Waals surface area contributed by atoms with E-state index in [0.29, 0.717) is 26.4 Å². The maximum absolute atomic E-state index is 10.5. The van der Waals surface area contributed by atoms with Crippen LogP contribution in [0.15, 0.2) is 12.7 Å². The normalized spacial score (nSPS) is 10.6. The Bertz CT molecular complexity index is 239. The minimum atomic E-state index is -1.73. The van der Waals surface area contributed by atoms with E-state index in [1.807, 2.05) is 27.7 Å². The highest BCUT2D eigenvalue weighted by atomic mass is 28.3. The van der Waals surface area contributed by atoms with E-state index in [-0.39, 0.29) is 15.7 Å². The molecule has 22 heavy (non-hydrogen) atoms. The predicted molar refractivity (Wildman–Crippen MR) is 92.8 cm³/mol. The summed E-state index contributed by atoms with van der Waals surface area (Å²) in [7, 11) is -2.09. The summed E-state index contributed by atoms with van der Waals surface area (Å²) in [5.41, 5.74) is 0. The minimum Gasteiger partial charge on any atom is -0.463 e. The highest BCUT2D eigenvalue weighted by molar-refractivity contribution is 6.36. The fourth-order valence-corrected chi connectivity index (χ4v) is 3.24. The summed E-state index contributed by atoms with van der Waals surface area (Å²) in [4.78, 5) is 10.5. The topological polar surface area (TPSA) is 63.2 Å². The molecule has 0 spiro atoms. The van der Waals surface area contributed by atoms with Crippen molar-refractivity contribution < 1.29 is 27.2 Å². The first kappa shape index (κ1) is 23.7. The van der Waals surface area contributed by atoms with Crippen LogP contribution in [0.25, 0.3) is 0 Å². The summed E-state index contributed by atoms with van der Waals surface area (Å²) >= 11 is 0. The Balaban J connectivity index is 0. The van der Waals surface area contributed by atoms with Crippen molar-refractivity contribution in [2.45, 2.75) is 40.2 Å². The molecule has 0 aliphatic carbocycles. The number of carbonyl (C=O) groups is 1. The van der Waals surface area contributed by atoms with Gasteiger partial charge in [-0.3, -0.25) is 0 Å². The quantitative estimate of drug-likeness (QED) is 0.216. The smallest absolute Gasteiger partial charge is 0.463 e. The molecule has 0 atom stereocenters. The van der Waals surface area contributed by atoms with Gasteiger partial charge in [0, 0.05) is 32.5 Å². The lowest BCUT2D eigenvalue weighted by Gasteiger charge is -2.12. The van der Waals surface area contributed by atoms with Gasteiger partial charge in [-0.25, -0.2) is 4.79 Å². The summed E-state index contributed by atoms with van der Waals surface area (Å²) < 4.78 is 25.7. The molecule has 0 rings (SSSR count). The zero-order valence-electron chi connectivity index (χ0n) is 14.5. The van der Waals surface area contributed by atoms with E-state index in [0.717, 1.165) is 19.1 Å². The maximum Gasteiger partial charge on any atom is 0.484 e. The third-order valence-corrected chi connectivity index (χ3v) is 5.51. The third-order valence-electron chi connectivity index (χ3n) is 2.21. The second-order valence-corrected chi connectivity index (χ2v) is 7.03. The zero-order chi connectivity index (χ0) is 17.1. The van der Waals surface area contributed by atoms with Gasteiger partial charge in [-0.15, -0.1) is 0 Å². The summed E-state index contributed by atoms with van der Waals surface area (Å²) in [5.74, 6) is -0.340. The second-order valence-electron chi connectivity index (χ2n) is 3.93. The third kappa shape index (κ3) is 19.5. The van der Waals surface area contributed by atoms with Crippen LogP contribution < -0.4 is 0 Å². The Kier molecular flexibility index (Phi) is 22.1. The lowest BCUT2D eigenvalue weighted by Crippen LogP contribution is -2.27. The molecule has 0 saturated heterocycles. The summed E-state index contributed by atoms with van der Waals surface area (Å²) in [5, 5.41) is 0. The van der Waals surface area contributed by atoms with Crippen LogP contribution in [0.3, 0.4) is 0 Å². The average Bonchev–Trinajstić information content (AvgIpc) is 2.52. The van der Waals surface area contributed by atoms with E-state index >= 15 is 0 Å². The molecule has 0 radical (unpaired) electrons. The first-order valence-electron chi connectivity index (χ1n) is 7.87. The van der Waals surface area contributed by atoms with Gasteiger partial charge in [-0.05, 0) is 40.2 Å². The monoisotopic (exact) mass is 352 g/mol. The predicted octanol–water partition coefficient (Wildman–Crippen LogP) is 1.46. The standard InChI is InChI=1S/C8H16O3Si.C6H16O3Si/c1-3-8(9)10-6-5-7-12-11-4-2;1-4-7-10(8-5-2)9-6-3/h3H,1,4-7,12H2,2H3;10H,4-6H2,1-3H3. The molecule has 0 aromatic rings. The Morgan fingerprint density at radius 3 is 2.00 bits per heavy atom. The van der Waals surface area contributed by atoms with Gasteiger partial charge in [0.25, 0.3) is 0 Å². The summed E-state index contributed by atoms with van der Waals surface area (Å²) in [6.45, 7) is 14.4. The van der Waals surface area contributed by atoms with Gasteiger partial charge in [-0.1, -0.05) is 6.58 Å². The van der Waals surface area contributed by atoms with E-state index in [1.165, 1.54) is 6.08 Å². The second kappa shape index (κ2) is 20.5. The minimum absolute atomic E-state index is 0.340. The van der Waals surface area contributed by atoms with E-state index in [9.17, 15) is 4.79 Å². The van der Waals surface area contributed by atoms with Crippen LogP contribution >= 0.6 is 0 Å². The average molecular weight is 353 g/mol. The van der Waals surface area contributed by atoms with Gasteiger partial charge in [-0.2, -0.15) is 0 Å². The lowest BCUT2D eigenvalue weighted by molar-refractivity contribution is -0.137. The van der Waals surface area contributed by atoms with Gasteiger partial charge >= 0.3 is 15.5 Å². The van der Waals surface area contributed by atoms with Crippen molar-refractivity contribution in [3.63, 3.8) is 0 Å². The van der Waals surface area contributed by atoms with Gasteiger partial charge < -0.3 is 22.4 Å². The maximum atomic E-state index is 10.5. The van der Waals surface area contributed by atoms with Crippen molar-refractivity contribution in [3.05, 3.63) is 12.7 Å². The molecule has 132 valence electrons. The number of hydrogen-bond acceptors (Lipinski definition) is 6. The molecule has 6 nitrogen and oxygen atoms in total. The van der Waals surface area contributed by atoms with Crippen molar-refractivity contribution in [2.24, 2.45) is 0 Å². The van der Waals surface area contributed by atoms with Gasteiger partial charge in [0.15, 0.2) is 9.76 Å². The number of ether oxygens (including phenoxy) is 1. The highest BCUT2D eigenvalue weighted by Gasteiger charge is 2.11. The van der Waals surface area contributed by atoms with Crippen molar-refractivity contribution in [1.29, 1.82) is 0 Å². The van der Waals surface area contributed by atoms with Crippen molar-refractivity contribution >= 4 is 25.3 Å². The largest absolute Gasteiger partial charge is 0.484 e. The van der Waals surface area contributed by atoms with E-state index in [1.54, 1.807) is 0 Å².